The van der Waals surface area contributed by atoms with Gasteiger partial charge in [-0.1, -0.05) is 183 Å². The van der Waals surface area contributed by atoms with Gasteiger partial charge in [-0.05, 0) is 75.7 Å². The Morgan fingerprint density at radius 3 is 1.57 bits per heavy atom. The number of nitrogens with zero attached hydrogens (tertiary/aromatic N) is 3. The van der Waals surface area contributed by atoms with Crippen LogP contribution in [0.5, 0.6) is 0 Å². The Morgan fingerprint density at radius 1 is 0.625 bits per heavy atom. The highest BCUT2D eigenvalue weighted by Gasteiger charge is 2.47. The van der Waals surface area contributed by atoms with Gasteiger partial charge in [-0.15, -0.1) is 12.4 Å². The molecule has 2 aliphatic heterocycles. The summed E-state index contributed by atoms with van der Waals surface area (Å²) in [7, 11) is 3.35. The molecule has 0 saturated carbocycles. The van der Waals surface area contributed by atoms with E-state index in [4.69, 9.17) is 18.3 Å². The van der Waals surface area contributed by atoms with Crippen LogP contribution >= 0.6 is 12.4 Å². The van der Waals surface area contributed by atoms with Crippen molar-refractivity contribution in [2.45, 2.75) is 83.0 Å². The van der Waals surface area contributed by atoms with Crippen molar-refractivity contribution in [2.75, 3.05) is 47.0 Å². The second-order valence-electron chi connectivity index (χ2n) is 24.2. The fourth-order valence-corrected chi connectivity index (χ4v) is 11.2. The maximum Gasteiger partial charge on any atom is 0.417 e. The second kappa shape index (κ2) is 36.8. The summed E-state index contributed by atoms with van der Waals surface area (Å²) in [6.07, 6.45) is 1.44. The van der Waals surface area contributed by atoms with E-state index in [-0.39, 0.29) is 54.8 Å². The van der Waals surface area contributed by atoms with Crippen LogP contribution in [0.25, 0.3) is 22.2 Å². The number of fused-ring (bicyclic) bond motifs is 2. The predicted molar refractivity (Wildman–Crippen MR) is 387 cm³/mol. The first-order valence-corrected chi connectivity index (χ1v) is 32.5. The molecule has 0 bridgehead atoms. The van der Waals surface area contributed by atoms with Gasteiger partial charge in [-0.3, -0.25) is 39.1 Å². The number of oxazole rings is 2. The number of amides is 1. The monoisotopic (exact) mass is 1450 g/mol. The number of para-hydroxylation sites is 2. The normalized spacial score (nSPS) is 14.2. The molecule has 8 aromatic carbocycles. The zero-order valence-electron chi connectivity index (χ0n) is 57.8. The number of carbonyl (C=O) groups is 5. The first-order valence-electron chi connectivity index (χ1n) is 32.5. The number of hydrogen-bond donors (Lipinski definition) is 3. The number of hydrogen-bond acceptors (Lipinski definition) is 15. The number of Topliss-reactive ketones (excluding diaryl/α,β-unsaturated/α-hetero) is 2. The zero-order chi connectivity index (χ0) is 74.6. The molecular formula is C79H77ClF6N6O12. The summed E-state index contributed by atoms with van der Waals surface area (Å²) in [4.78, 5) is 96.3. The minimum atomic E-state index is -3.08. The largest absolute Gasteiger partial charge is 0.460 e. The van der Waals surface area contributed by atoms with E-state index in [2.05, 4.69) is 49.5 Å². The van der Waals surface area contributed by atoms with Gasteiger partial charge in [-0.25, -0.2) is 40.7 Å². The number of H-pyrrole nitrogens is 2. The van der Waals surface area contributed by atoms with Crippen LogP contribution in [0.15, 0.2) is 240 Å². The Labute approximate surface area is 601 Å². The molecule has 4 atom stereocenters. The molecule has 2 aromatic heterocycles. The molecule has 12 rings (SSSR count). The van der Waals surface area contributed by atoms with Gasteiger partial charge in [0.1, 0.15) is 25.0 Å². The molecule has 544 valence electrons. The van der Waals surface area contributed by atoms with E-state index >= 15 is 0 Å². The van der Waals surface area contributed by atoms with Gasteiger partial charge in [-0.2, -0.15) is 0 Å². The predicted octanol–water partition coefficient (Wildman–Crippen LogP) is 15.2. The van der Waals surface area contributed by atoms with Crippen LogP contribution in [-0.2, 0) is 28.6 Å². The standard InChI is InChI=1S/C30H25F2N3O3.C18H19F2NO.C15H14O2.C13H11NO6.C3H7F2N.ClH/c1-17(18-7-4-3-5-8-18)19-11-13-20(14-12-19)26-24-22(28(36)35(26)16-30(2,31)32)15-33-25(24)21-9-6-10-23-27(21)38-29(37)34-23;1-18(19,20)13-21-12-14-8-10-16(11-9-14)17(22-2)15-6-4-3-5-7-15;1-17-15(13-5-3-2-4-6-13)14-9-7-12(11-16)8-10-14;1-2-19-12(17)10(16)6-9(15)7-4-3-5-8-11(7)20-13(18)14-8;1-3(4,5)2-6;/h3-14,17,26H,15-16H2,1-2H3,(H,34,37);3-12,17H,13H2,1-2H3;2-11,15H,1H3;3-5H,2,6H2,1H3,(H,14,18);2,6H2,1H3;1H. The van der Waals surface area contributed by atoms with Crippen molar-refractivity contribution in [1.29, 1.82) is 0 Å². The molecule has 25 heteroatoms. The van der Waals surface area contributed by atoms with E-state index in [0.29, 0.717) is 50.2 Å². The number of aromatic amines is 2. The topological polar surface area (TPSA) is 259 Å². The average molecular weight is 1450 g/mol. The van der Waals surface area contributed by atoms with E-state index in [0.717, 1.165) is 60.4 Å². The number of aromatic nitrogens is 2. The number of ketones is 2. The lowest BCUT2D eigenvalue weighted by Crippen LogP contribution is -2.40. The summed E-state index contributed by atoms with van der Waals surface area (Å²) in [6, 6.07) is 61.8. The van der Waals surface area contributed by atoms with Gasteiger partial charge in [0.05, 0.1) is 61.0 Å². The van der Waals surface area contributed by atoms with Crippen LogP contribution in [0.1, 0.15) is 136 Å². The molecule has 0 spiro atoms. The van der Waals surface area contributed by atoms with E-state index in [1.54, 1.807) is 57.5 Å². The number of halogens is 7. The molecule has 18 nitrogen and oxygen atoms in total. The number of esters is 1. The lowest BCUT2D eigenvalue weighted by atomic mass is 9.88. The van der Waals surface area contributed by atoms with Crippen LogP contribution in [-0.4, -0.2) is 121 Å². The number of alkyl halides is 6. The Kier molecular flexibility index (Phi) is 28.4. The molecule has 0 fully saturated rings. The number of rotatable bonds is 22. The fourth-order valence-electron chi connectivity index (χ4n) is 11.2. The average Bonchev–Trinajstić information content (AvgIpc) is 1.57. The second-order valence-corrected chi connectivity index (χ2v) is 24.2. The van der Waals surface area contributed by atoms with Crippen LogP contribution < -0.4 is 17.2 Å². The van der Waals surface area contributed by atoms with Crippen molar-refractivity contribution in [3.8, 4) is 0 Å². The van der Waals surface area contributed by atoms with Crippen molar-refractivity contribution in [1.82, 2.24) is 14.9 Å². The van der Waals surface area contributed by atoms with Crippen molar-refractivity contribution < 1.29 is 73.4 Å². The van der Waals surface area contributed by atoms with E-state index in [1.165, 1.54) is 28.8 Å². The summed E-state index contributed by atoms with van der Waals surface area (Å²) in [5, 5.41) is 0. The third-order valence-corrected chi connectivity index (χ3v) is 16.1. The number of ether oxygens (including phenoxy) is 3. The highest BCUT2D eigenvalue weighted by atomic mass is 35.5. The smallest absolute Gasteiger partial charge is 0.417 e. The molecular weight excluding hydrogens is 1370 g/mol. The quantitative estimate of drug-likeness (QED) is 0.0109. The molecule has 2 aliphatic rings. The lowest BCUT2D eigenvalue weighted by Gasteiger charge is -2.30. The maximum absolute atomic E-state index is 14.3. The first kappa shape index (κ1) is 80.4. The molecule has 4 N–H and O–H groups in total. The molecule has 4 unspecified atom stereocenters. The Balaban J connectivity index is 0.000000198. The minimum Gasteiger partial charge on any atom is -0.460 e. The molecule has 0 saturated heterocycles. The Bertz CT molecular complexity index is 4740. The zero-order valence-corrected chi connectivity index (χ0v) is 58.6. The van der Waals surface area contributed by atoms with Crippen LogP contribution in [0.2, 0.25) is 0 Å². The van der Waals surface area contributed by atoms with E-state index < -0.39 is 84.8 Å². The summed E-state index contributed by atoms with van der Waals surface area (Å²) in [5.74, 6) is -12.8. The number of methoxy groups -OCH3 is 2. The molecule has 0 aliphatic carbocycles. The van der Waals surface area contributed by atoms with Crippen LogP contribution in [0.4, 0.5) is 26.3 Å². The Hall–Kier alpha value is -10.9. The summed E-state index contributed by atoms with van der Waals surface area (Å²) in [5.41, 5.74) is 16.5. The van der Waals surface area contributed by atoms with Crippen molar-refractivity contribution >= 4 is 76.3 Å². The van der Waals surface area contributed by atoms with Gasteiger partial charge in [0.15, 0.2) is 16.9 Å². The molecule has 10 aromatic rings. The van der Waals surface area contributed by atoms with E-state index in [9.17, 15) is 59.9 Å². The lowest BCUT2D eigenvalue weighted by molar-refractivity contribution is -0.153. The maximum atomic E-state index is 14.3. The summed E-state index contributed by atoms with van der Waals surface area (Å²) < 4.78 is 102. The van der Waals surface area contributed by atoms with Gasteiger partial charge in [0.2, 0.25) is 5.78 Å². The van der Waals surface area contributed by atoms with Gasteiger partial charge < -0.3 is 33.7 Å². The number of aldehydes is 1. The number of benzene rings is 8. The van der Waals surface area contributed by atoms with Crippen molar-refractivity contribution in [3.05, 3.63) is 294 Å². The fraction of sp³-hybridized carbons (Fsp3) is 0.253. The number of carbonyl (C=O) groups excluding carboxylic acids is 5. The highest BCUT2D eigenvalue weighted by molar-refractivity contribution is 6.38. The third kappa shape index (κ3) is 21.8. The summed E-state index contributed by atoms with van der Waals surface area (Å²) >= 11 is 0. The molecule has 0 radical (unpaired) electrons. The van der Waals surface area contributed by atoms with Crippen LogP contribution in [0, 0.1) is 0 Å². The van der Waals surface area contributed by atoms with Crippen molar-refractivity contribution in [3.63, 3.8) is 0 Å². The number of aliphatic imine (C=N–C) groups is 2. The minimum absolute atomic E-state index is 0. The molecule has 104 heavy (non-hydrogen) atoms. The number of nitrogens with one attached hydrogen (secondary N) is 2. The first-order chi connectivity index (χ1) is 49.1. The van der Waals surface area contributed by atoms with Crippen molar-refractivity contribution in [2.24, 2.45) is 15.7 Å². The Morgan fingerprint density at radius 2 is 1.09 bits per heavy atom. The SMILES string of the molecule is CC(F)(F)CN.CC(c1ccccc1)c1ccc(C2C3=C(CN=C3c3cccc4[nH]c(=O)oc34)C(=O)N2CC(C)(F)F)cc1.CCOC(=O)C(=O)CC(=O)c1cccc2[nH]c(=O)oc12.COC(c1ccccc1)c1ccc(C=NCC(C)(F)F)cc1.COC(c1ccccc1)c1ccc(C=O)cc1.Cl. The molecule has 1 amide bonds. The van der Waals surface area contributed by atoms with Gasteiger partial charge >= 0.3 is 17.5 Å². The molecule has 4 heterocycles. The van der Waals surface area contributed by atoms with Gasteiger partial charge in [0.25, 0.3) is 23.7 Å². The van der Waals surface area contributed by atoms with E-state index in [1.807, 2.05) is 140 Å². The summed E-state index contributed by atoms with van der Waals surface area (Å²) in [6.45, 7) is 4.48. The highest BCUT2D eigenvalue weighted by Crippen LogP contribution is 2.45. The third-order valence-electron chi connectivity index (χ3n) is 16.1. The van der Waals surface area contributed by atoms with Gasteiger partial charge in [0, 0.05) is 69.4 Å². The number of nitrogens with two attached hydrogens (primary N) is 1. The van der Waals surface area contributed by atoms with Crippen LogP contribution in [0.3, 0.4) is 0 Å².